The van der Waals surface area contributed by atoms with Gasteiger partial charge in [0.15, 0.2) is 0 Å². The van der Waals surface area contributed by atoms with Gasteiger partial charge in [-0.05, 0) is 37.6 Å². The number of aliphatic hydroxyl groups is 1. The second kappa shape index (κ2) is 6.35. The molecule has 1 N–H and O–H groups in total. The summed E-state index contributed by atoms with van der Waals surface area (Å²) in [4.78, 5) is 4.51. The number of halogens is 1. The summed E-state index contributed by atoms with van der Waals surface area (Å²) in [5, 5.41) is 9.46. The number of hydrogen-bond donors (Lipinski definition) is 1. The van der Waals surface area contributed by atoms with Crippen LogP contribution in [0.15, 0.2) is 18.2 Å². The Morgan fingerprint density at radius 1 is 1.26 bits per heavy atom. The fraction of sp³-hybridized carbons (Fsp3) is 0.600. The van der Waals surface area contributed by atoms with E-state index < -0.39 is 6.10 Å². The Hall–Kier alpha value is -1.13. The van der Waals surface area contributed by atoms with Gasteiger partial charge in [0.25, 0.3) is 0 Å². The SMILES string of the molecule is CCCN1CCN(c2ccc(C(C)O)cc2F)CC1. The first-order chi connectivity index (χ1) is 9.11. The predicted molar refractivity (Wildman–Crippen MR) is 76.0 cm³/mol. The molecular weight excluding hydrogens is 243 g/mol. The fourth-order valence-corrected chi connectivity index (χ4v) is 2.57. The lowest BCUT2D eigenvalue weighted by Gasteiger charge is -2.36. The summed E-state index contributed by atoms with van der Waals surface area (Å²) in [5.74, 6) is -0.234. The van der Waals surface area contributed by atoms with Gasteiger partial charge in [0.2, 0.25) is 0 Å². The quantitative estimate of drug-likeness (QED) is 0.906. The Kier molecular flexibility index (Phi) is 4.77. The van der Waals surface area contributed by atoms with Crippen molar-refractivity contribution in [3.05, 3.63) is 29.6 Å². The van der Waals surface area contributed by atoms with Crippen molar-refractivity contribution in [2.24, 2.45) is 0 Å². The van der Waals surface area contributed by atoms with Gasteiger partial charge in [0, 0.05) is 26.2 Å². The Morgan fingerprint density at radius 2 is 1.95 bits per heavy atom. The highest BCUT2D eigenvalue weighted by Gasteiger charge is 2.19. The van der Waals surface area contributed by atoms with E-state index in [1.807, 2.05) is 6.07 Å². The zero-order valence-corrected chi connectivity index (χ0v) is 11.8. The van der Waals surface area contributed by atoms with Crippen LogP contribution in [0.3, 0.4) is 0 Å². The summed E-state index contributed by atoms with van der Waals surface area (Å²) in [6, 6.07) is 5.03. The Morgan fingerprint density at radius 3 is 2.47 bits per heavy atom. The number of rotatable bonds is 4. The number of hydrogen-bond acceptors (Lipinski definition) is 3. The molecule has 2 rings (SSSR count). The Bertz CT molecular complexity index is 415. The van der Waals surface area contributed by atoms with Crippen molar-refractivity contribution in [3.63, 3.8) is 0 Å². The van der Waals surface area contributed by atoms with Crippen molar-refractivity contribution in [1.29, 1.82) is 0 Å². The lowest BCUT2D eigenvalue weighted by atomic mass is 10.1. The molecule has 0 radical (unpaired) electrons. The van der Waals surface area contributed by atoms with Crippen molar-refractivity contribution in [2.45, 2.75) is 26.4 Å². The molecule has 0 amide bonds. The van der Waals surface area contributed by atoms with E-state index in [1.165, 1.54) is 6.07 Å². The first-order valence-corrected chi connectivity index (χ1v) is 7.06. The molecule has 4 heteroatoms. The number of piperazine rings is 1. The highest BCUT2D eigenvalue weighted by molar-refractivity contribution is 5.50. The summed E-state index contributed by atoms with van der Waals surface area (Å²) in [6.07, 6.45) is 0.544. The van der Waals surface area contributed by atoms with Crippen LogP contribution in [-0.2, 0) is 0 Å². The molecule has 1 heterocycles. The largest absolute Gasteiger partial charge is 0.389 e. The van der Waals surface area contributed by atoms with Crippen LogP contribution in [0, 0.1) is 5.82 Å². The van der Waals surface area contributed by atoms with Crippen LogP contribution in [0.4, 0.5) is 10.1 Å². The fourth-order valence-electron chi connectivity index (χ4n) is 2.57. The summed E-state index contributed by atoms with van der Waals surface area (Å²) in [6.45, 7) is 8.67. The summed E-state index contributed by atoms with van der Waals surface area (Å²) < 4.78 is 14.1. The van der Waals surface area contributed by atoms with Crippen LogP contribution in [0.2, 0.25) is 0 Å². The molecule has 1 unspecified atom stereocenters. The number of anilines is 1. The molecule has 1 atom stereocenters. The smallest absolute Gasteiger partial charge is 0.146 e. The Labute approximate surface area is 114 Å². The van der Waals surface area contributed by atoms with Gasteiger partial charge in [0.1, 0.15) is 5.82 Å². The van der Waals surface area contributed by atoms with Crippen molar-refractivity contribution in [2.75, 3.05) is 37.6 Å². The van der Waals surface area contributed by atoms with Crippen molar-refractivity contribution in [1.82, 2.24) is 4.90 Å². The van der Waals surface area contributed by atoms with Crippen LogP contribution in [0.25, 0.3) is 0 Å². The van der Waals surface area contributed by atoms with E-state index >= 15 is 0 Å². The highest BCUT2D eigenvalue weighted by Crippen LogP contribution is 2.24. The molecule has 106 valence electrons. The van der Waals surface area contributed by atoms with Gasteiger partial charge >= 0.3 is 0 Å². The molecule has 1 aromatic carbocycles. The van der Waals surface area contributed by atoms with E-state index in [0.29, 0.717) is 11.3 Å². The first kappa shape index (κ1) is 14.3. The molecule has 1 aliphatic rings. The molecule has 1 aromatic rings. The van der Waals surface area contributed by atoms with E-state index in [9.17, 15) is 9.50 Å². The third kappa shape index (κ3) is 3.45. The molecule has 1 saturated heterocycles. The van der Waals surface area contributed by atoms with Gasteiger partial charge in [-0.1, -0.05) is 13.0 Å². The lowest BCUT2D eigenvalue weighted by Crippen LogP contribution is -2.46. The maximum atomic E-state index is 14.1. The van der Waals surface area contributed by atoms with Gasteiger partial charge in [-0.15, -0.1) is 0 Å². The van der Waals surface area contributed by atoms with Crippen molar-refractivity contribution >= 4 is 5.69 Å². The van der Waals surface area contributed by atoms with Gasteiger partial charge in [-0.3, -0.25) is 4.90 Å². The van der Waals surface area contributed by atoms with E-state index in [4.69, 9.17) is 0 Å². The maximum absolute atomic E-state index is 14.1. The normalized spacial score (nSPS) is 18.6. The molecule has 1 aliphatic heterocycles. The second-order valence-corrected chi connectivity index (χ2v) is 5.22. The third-order valence-electron chi connectivity index (χ3n) is 3.71. The summed E-state index contributed by atoms with van der Waals surface area (Å²) >= 11 is 0. The van der Waals surface area contributed by atoms with Gasteiger partial charge in [0.05, 0.1) is 11.8 Å². The van der Waals surface area contributed by atoms with Crippen LogP contribution in [0.5, 0.6) is 0 Å². The Balaban J connectivity index is 2.03. The molecule has 3 nitrogen and oxygen atoms in total. The first-order valence-electron chi connectivity index (χ1n) is 7.06. The summed E-state index contributed by atoms with van der Waals surface area (Å²) in [5.41, 5.74) is 1.28. The maximum Gasteiger partial charge on any atom is 0.146 e. The molecule has 0 aliphatic carbocycles. The van der Waals surface area contributed by atoms with Gasteiger partial charge < -0.3 is 10.0 Å². The minimum absolute atomic E-state index is 0.234. The van der Waals surface area contributed by atoms with Crippen molar-refractivity contribution < 1.29 is 9.50 Å². The van der Waals surface area contributed by atoms with Crippen molar-refractivity contribution in [3.8, 4) is 0 Å². The number of nitrogens with zero attached hydrogens (tertiary/aromatic N) is 2. The molecule has 0 aromatic heterocycles. The van der Waals surface area contributed by atoms with E-state index in [1.54, 1.807) is 13.0 Å². The topological polar surface area (TPSA) is 26.7 Å². The molecular formula is C15H23FN2O. The van der Waals surface area contributed by atoms with Gasteiger partial charge in [-0.2, -0.15) is 0 Å². The zero-order chi connectivity index (χ0) is 13.8. The van der Waals surface area contributed by atoms with Crippen LogP contribution >= 0.6 is 0 Å². The number of aliphatic hydroxyl groups excluding tert-OH is 1. The lowest BCUT2D eigenvalue weighted by molar-refractivity contribution is 0.199. The molecule has 1 fully saturated rings. The third-order valence-corrected chi connectivity index (χ3v) is 3.71. The molecule has 0 bridgehead atoms. The van der Waals surface area contributed by atoms with Crippen LogP contribution < -0.4 is 4.90 Å². The van der Waals surface area contributed by atoms with E-state index in [-0.39, 0.29) is 5.82 Å². The second-order valence-electron chi connectivity index (χ2n) is 5.22. The monoisotopic (exact) mass is 266 g/mol. The minimum Gasteiger partial charge on any atom is -0.389 e. The predicted octanol–water partition coefficient (Wildman–Crippen LogP) is 2.41. The molecule has 0 saturated carbocycles. The molecule has 19 heavy (non-hydrogen) atoms. The molecule has 0 spiro atoms. The average Bonchev–Trinajstić information content (AvgIpc) is 2.40. The van der Waals surface area contributed by atoms with E-state index in [0.717, 1.165) is 39.1 Å². The summed E-state index contributed by atoms with van der Waals surface area (Å²) in [7, 11) is 0. The van der Waals surface area contributed by atoms with Crippen LogP contribution in [-0.4, -0.2) is 42.7 Å². The number of benzene rings is 1. The highest BCUT2D eigenvalue weighted by atomic mass is 19.1. The standard InChI is InChI=1S/C15H23FN2O/c1-3-6-17-7-9-18(10-8-17)15-5-4-13(12(2)19)11-14(15)16/h4-5,11-12,19H,3,6-10H2,1-2H3. The zero-order valence-electron chi connectivity index (χ0n) is 11.8. The van der Waals surface area contributed by atoms with E-state index in [2.05, 4.69) is 16.7 Å². The minimum atomic E-state index is -0.620. The average molecular weight is 266 g/mol. The van der Waals surface area contributed by atoms with Crippen LogP contribution in [0.1, 0.15) is 31.9 Å². The van der Waals surface area contributed by atoms with Gasteiger partial charge in [-0.25, -0.2) is 4.39 Å².